The average molecular weight is 283 g/mol. The Hall–Kier alpha value is -1.62. The fourth-order valence-corrected chi connectivity index (χ4v) is 2.25. The topological polar surface area (TPSA) is 82.5 Å². The molecule has 0 unspecified atom stereocenters. The SMILES string of the molecule is CC(C)N(C)S(=O)(=O)Nc1cccc(C#CCO)n1. The summed E-state index contributed by atoms with van der Waals surface area (Å²) in [6, 6.07) is 4.65. The van der Waals surface area contributed by atoms with Crippen LogP contribution in [0.4, 0.5) is 5.82 Å². The molecule has 0 amide bonds. The molecule has 0 spiro atoms. The first-order valence-corrected chi connectivity index (χ1v) is 7.13. The van der Waals surface area contributed by atoms with Crippen LogP contribution in [0, 0.1) is 11.8 Å². The molecule has 0 saturated heterocycles. The van der Waals surface area contributed by atoms with Gasteiger partial charge < -0.3 is 5.11 Å². The minimum atomic E-state index is -3.63. The molecule has 0 bridgehead atoms. The van der Waals surface area contributed by atoms with Gasteiger partial charge in [0.2, 0.25) is 0 Å². The van der Waals surface area contributed by atoms with Gasteiger partial charge in [-0.25, -0.2) is 4.98 Å². The number of pyridine rings is 1. The molecular weight excluding hydrogens is 266 g/mol. The van der Waals surface area contributed by atoms with E-state index in [0.29, 0.717) is 5.69 Å². The molecule has 1 rings (SSSR count). The Labute approximate surface area is 113 Å². The van der Waals surface area contributed by atoms with Crippen LogP contribution >= 0.6 is 0 Å². The van der Waals surface area contributed by atoms with Crippen LogP contribution in [0.25, 0.3) is 0 Å². The zero-order valence-electron chi connectivity index (χ0n) is 11.1. The van der Waals surface area contributed by atoms with Crippen molar-refractivity contribution in [1.82, 2.24) is 9.29 Å². The predicted molar refractivity (Wildman–Crippen MR) is 73.6 cm³/mol. The molecule has 0 aliphatic rings. The maximum absolute atomic E-state index is 12.0. The van der Waals surface area contributed by atoms with Gasteiger partial charge in [-0.05, 0) is 31.9 Å². The number of hydrogen-bond acceptors (Lipinski definition) is 4. The third-order valence-corrected chi connectivity index (χ3v) is 4.03. The number of anilines is 1. The van der Waals surface area contributed by atoms with Gasteiger partial charge in [-0.3, -0.25) is 4.72 Å². The summed E-state index contributed by atoms with van der Waals surface area (Å²) in [7, 11) is -2.14. The Morgan fingerprint density at radius 1 is 1.47 bits per heavy atom. The highest BCUT2D eigenvalue weighted by atomic mass is 32.2. The van der Waals surface area contributed by atoms with Gasteiger partial charge >= 0.3 is 10.2 Å². The van der Waals surface area contributed by atoms with Crippen LogP contribution in [0.5, 0.6) is 0 Å². The van der Waals surface area contributed by atoms with E-state index >= 15 is 0 Å². The van der Waals surface area contributed by atoms with Gasteiger partial charge in [-0.2, -0.15) is 12.7 Å². The van der Waals surface area contributed by atoms with Crippen LogP contribution in [-0.4, -0.2) is 42.5 Å². The lowest BCUT2D eigenvalue weighted by molar-refractivity contribution is 0.350. The molecule has 0 fully saturated rings. The van der Waals surface area contributed by atoms with Gasteiger partial charge in [0, 0.05) is 13.1 Å². The molecule has 0 radical (unpaired) electrons. The molecule has 0 saturated carbocycles. The number of aliphatic hydroxyl groups is 1. The summed E-state index contributed by atoms with van der Waals surface area (Å²) in [6.07, 6.45) is 0. The van der Waals surface area contributed by atoms with Gasteiger partial charge in [0.05, 0.1) is 0 Å². The number of aliphatic hydroxyl groups excluding tert-OH is 1. The Morgan fingerprint density at radius 2 is 2.16 bits per heavy atom. The quantitative estimate of drug-likeness (QED) is 0.785. The molecule has 0 atom stereocenters. The number of hydrogen-bond donors (Lipinski definition) is 2. The first-order chi connectivity index (χ1) is 8.86. The van der Waals surface area contributed by atoms with E-state index in [9.17, 15) is 8.42 Å². The van der Waals surface area contributed by atoms with Crippen LogP contribution < -0.4 is 4.72 Å². The Kier molecular flexibility index (Phi) is 5.30. The van der Waals surface area contributed by atoms with Crippen molar-refractivity contribution in [1.29, 1.82) is 0 Å². The summed E-state index contributed by atoms with van der Waals surface area (Å²) in [6.45, 7) is 3.28. The summed E-state index contributed by atoms with van der Waals surface area (Å²) < 4.78 is 27.5. The van der Waals surface area contributed by atoms with E-state index in [1.165, 1.54) is 17.4 Å². The largest absolute Gasteiger partial charge is 0.384 e. The van der Waals surface area contributed by atoms with Crippen molar-refractivity contribution < 1.29 is 13.5 Å². The van der Waals surface area contributed by atoms with E-state index in [1.807, 2.05) is 0 Å². The van der Waals surface area contributed by atoms with Crippen LogP contribution in [0.1, 0.15) is 19.5 Å². The normalized spacial score (nSPS) is 11.3. The third kappa shape index (κ3) is 4.52. The van der Waals surface area contributed by atoms with Crippen LogP contribution in [-0.2, 0) is 10.2 Å². The fourth-order valence-electron chi connectivity index (χ4n) is 1.17. The Bertz CT molecular complexity index is 588. The molecule has 0 aromatic carbocycles. The maximum atomic E-state index is 12.0. The van der Waals surface area contributed by atoms with E-state index in [-0.39, 0.29) is 18.5 Å². The molecule has 6 nitrogen and oxygen atoms in total. The highest BCUT2D eigenvalue weighted by molar-refractivity contribution is 7.90. The van der Waals surface area contributed by atoms with Gasteiger partial charge in [0.1, 0.15) is 18.1 Å². The second-order valence-corrected chi connectivity index (χ2v) is 5.82. The molecular formula is C12H17N3O3S. The van der Waals surface area contributed by atoms with Crippen molar-refractivity contribution in [3.8, 4) is 11.8 Å². The summed E-state index contributed by atoms with van der Waals surface area (Å²) >= 11 is 0. The maximum Gasteiger partial charge on any atom is 0.302 e. The molecule has 19 heavy (non-hydrogen) atoms. The third-order valence-electron chi connectivity index (χ3n) is 2.38. The molecule has 1 aromatic rings. The van der Waals surface area contributed by atoms with Gasteiger partial charge in [-0.15, -0.1) is 0 Å². The summed E-state index contributed by atoms with van der Waals surface area (Å²) in [5.74, 6) is 5.26. The van der Waals surface area contributed by atoms with E-state index in [0.717, 1.165) is 0 Å². The second kappa shape index (κ2) is 6.52. The molecule has 0 aliphatic heterocycles. The van der Waals surface area contributed by atoms with E-state index < -0.39 is 10.2 Å². The zero-order chi connectivity index (χ0) is 14.5. The number of nitrogens with one attached hydrogen (secondary N) is 1. The molecule has 1 heterocycles. The van der Waals surface area contributed by atoms with Crippen molar-refractivity contribution in [2.75, 3.05) is 18.4 Å². The lowest BCUT2D eigenvalue weighted by atomic mass is 10.3. The number of aromatic nitrogens is 1. The molecule has 104 valence electrons. The minimum absolute atomic E-state index is 0.158. The van der Waals surface area contributed by atoms with Crippen molar-refractivity contribution in [3.05, 3.63) is 23.9 Å². The van der Waals surface area contributed by atoms with Crippen LogP contribution in [0.3, 0.4) is 0 Å². The van der Waals surface area contributed by atoms with Crippen molar-refractivity contribution in [3.63, 3.8) is 0 Å². The lowest BCUT2D eigenvalue weighted by Gasteiger charge is -2.21. The number of nitrogens with zero attached hydrogens (tertiary/aromatic N) is 2. The Morgan fingerprint density at radius 3 is 2.74 bits per heavy atom. The van der Waals surface area contributed by atoms with Crippen molar-refractivity contribution in [2.24, 2.45) is 0 Å². The van der Waals surface area contributed by atoms with Crippen LogP contribution in [0.15, 0.2) is 18.2 Å². The van der Waals surface area contributed by atoms with E-state index in [2.05, 4.69) is 21.5 Å². The first-order valence-electron chi connectivity index (χ1n) is 5.69. The molecule has 7 heteroatoms. The number of rotatable bonds is 4. The first kappa shape index (κ1) is 15.4. The standard InChI is InChI=1S/C12H17N3O3S/c1-10(2)15(3)19(17,18)14-12-8-4-6-11(13-12)7-5-9-16/h4,6,8,10,16H,9H2,1-3H3,(H,13,14). The van der Waals surface area contributed by atoms with Gasteiger partial charge in [0.25, 0.3) is 0 Å². The Balaban J connectivity index is 2.94. The summed E-state index contributed by atoms with van der Waals surface area (Å²) in [5.41, 5.74) is 0.390. The van der Waals surface area contributed by atoms with Gasteiger partial charge in [-0.1, -0.05) is 12.0 Å². The minimum Gasteiger partial charge on any atom is -0.384 e. The van der Waals surface area contributed by atoms with Crippen LogP contribution in [0.2, 0.25) is 0 Å². The highest BCUT2D eigenvalue weighted by Crippen LogP contribution is 2.10. The molecule has 2 N–H and O–H groups in total. The lowest BCUT2D eigenvalue weighted by Crippen LogP contribution is -2.37. The van der Waals surface area contributed by atoms with E-state index in [4.69, 9.17) is 5.11 Å². The zero-order valence-corrected chi connectivity index (χ0v) is 11.9. The van der Waals surface area contributed by atoms with Crippen molar-refractivity contribution >= 4 is 16.0 Å². The van der Waals surface area contributed by atoms with Crippen molar-refractivity contribution in [2.45, 2.75) is 19.9 Å². The average Bonchev–Trinajstić information content (AvgIpc) is 2.35. The smallest absolute Gasteiger partial charge is 0.302 e. The second-order valence-electron chi connectivity index (χ2n) is 4.09. The summed E-state index contributed by atoms with van der Waals surface area (Å²) in [5, 5.41) is 8.60. The fraction of sp³-hybridized carbons (Fsp3) is 0.417. The molecule has 1 aromatic heterocycles. The summed E-state index contributed by atoms with van der Waals surface area (Å²) in [4.78, 5) is 4.04. The molecule has 0 aliphatic carbocycles. The van der Waals surface area contributed by atoms with E-state index in [1.54, 1.807) is 26.0 Å². The highest BCUT2D eigenvalue weighted by Gasteiger charge is 2.20. The monoisotopic (exact) mass is 283 g/mol. The van der Waals surface area contributed by atoms with Gasteiger partial charge in [0.15, 0.2) is 0 Å². The predicted octanol–water partition coefficient (Wildman–Crippen LogP) is 0.422.